The molecule has 0 aromatic carbocycles. The van der Waals surface area contributed by atoms with Crippen LogP contribution < -0.4 is 18.9 Å². The molecule has 0 radical (unpaired) electrons. The second kappa shape index (κ2) is 6.90. The molecule has 2 fully saturated rings. The summed E-state index contributed by atoms with van der Waals surface area (Å²) in [6.45, 7) is 7.54. The Hall–Kier alpha value is 0.517. The van der Waals surface area contributed by atoms with Gasteiger partial charge >= 0.3 is 18.9 Å². The summed E-state index contributed by atoms with van der Waals surface area (Å²) in [5.74, 6) is 0. The van der Waals surface area contributed by atoms with E-state index in [1.165, 1.54) is 64.7 Å². The number of nitrogens with zero attached hydrogens (tertiary/aromatic N) is 2. The van der Waals surface area contributed by atoms with Crippen molar-refractivity contribution >= 4 is 0 Å². The van der Waals surface area contributed by atoms with Crippen molar-refractivity contribution in [2.75, 3.05) is 26.2 Å². The molecule has 0 atom stereocenters. The van der Waals surface area contributed by atoms with E-state index in [4.69, 9.17) is 0 Å². The zero-order valence-corrected chi connectivity index (χ0v) is 9.54. The van der Waals surface area contributed by atoms with Crippen LogP contribution in [-0.2, 0) is 0 Å². The van der Waals surface area contributed by atoms with Crippen LogP contribution in [0.15, 0.2) is 0 Å². The van der Waals surface area contributed by atoms with Gasteiger partial charge in [-0.2, -0.15) is 0 Å². The van der Waals surface area contributed by atoms with Gasteiger partial charge < -0.3 is 9.80 Å². The molecular formula is C11H21LiN2. The number of piperidine rings is 2. The van der Waals surface area contributed by atoms with E-state index >= 15 is 0 Å². The fourth-order valence-electron chi connectivity index (χ4n) is 2.30. The van der Waals surface area contributed by atoms with Gasteiger partial charge in [0.1, 0.15) is 0 Å². The minimum Gasteiger partial charge on any atom is -0.443 e. The van der Waals surface area contributed by atoms with Gasteiger partial charge in [0.2, 0.25) is 0 Å². The molecule has 0 spiro atoms. The average molecular weight is 188 g/mol. The molecule has 0 unspecified atom stereocenters. The van der Waals surface area contributed by atoms with E-state index in [9.17, 15) is 0 Å². The number of rotatable bonds is 2. The molecule has 0 amide bonds. The molecular weight excluding hydrogens is 167 g/mol. The van der Waals surface area contributed by atoms with E-state index < -0.39 is 0 Å². The maximum absolute atomic E-state index is 2.51. The molecule has 2 nitrogen and oxygen atoms in total. The summed E-state index contributed by atoms with van der Waals surface area (Å²) < 4.78 is 0. The Morgan fingerprint density at radius 3 is 1.29 bits per heavy atom. The van der Waals surface area contributed by atoms with E-state index in [0.29, 0.717) is 0 Å². The van der Waals surface area contributed by atoms with Gasteiger partial charge in [-0.15, -0.1) is 0 Å². The summed E-state index contributed by atoms with van der Waals surface area (Å²) >= 11 is 0. The van der Waals surface area contributed by atoms with E-state index in [1.807, 2.05) is 0 Å². The quantitative estimate of drug-likeness (QED) is 0.408. The summed E-state index contributed by atoms with van der Waals surface area (Å²) in [7, 11) is 0. The van der Waals surface area contributed by atoms with Crippen LogP contribution in [-0.4, -0.2) is 36.0 Å². The molecule has 14 heavy (non-hydrogen) atoms. The van der Waals surface area contributed by atoms with Crippen LogP contribution >= 0.6 is 0 Å². The second-order valence-corrected chi connectivity index (χ2v) is 4.31. The van der Waals surface area contributed by atoms with Crippen LogP contribution in [0.2, 0.25) is 0 Å². The van der Waals surface area contributed by atoms with Gasteiger partial charge in [0.05, 0.1) is 0 Å². The van der Waals surface area contributed by atoms with Crippen LogP contribution in [0.1, 0.15) is 38.5 Å². The molecule has 76 valence electrons. The Morgan fingerprint density at radius 1 is 0.571 bits per heavy atom. The minimum atomic E-state index is 0. The summed E-state index contributed by atoms with van der Waals surface area (Å²) in [5.41, 5.74) is 0. The summed E-state index contributed by atoms with van der Waals surface area (Å²) in [4.78, 5) is 5.02. The minimum absolute atomic E-state index is 0. The van der Waals surface area contributed by atoms with Crippen LogP contribution in [0.25, 0.3) is 0 Å². The van der Waals surface area contributed by atoms with Crippen molar-refractivity contribution in [3.8, 4) is 0 Å². The van der Waals surface area contributed by atoms with Gasteiger partial charge in [0.15, 0.2) is 0 Å². The number of hydrogen-bond acceptors (Lipinski definition) is 2. The fraction of sp³-hybridized carbons (Fsp3) is 0.909. The van der Waals surface area contributed by atoms with Crippen molar-refractivity contribution in [1.29, 1.82) is 0 Å². The summed E-state index contributed by atoms with van der Waals surface area (Å²) in [6.07, 6.45) is 8.44. The van der Waals surface area contributed by atoms with Crippen LogP contribution in [0, 0.1) is 6.67 Å². The van der Waals surface area contributed by atoms with Crippen LogP contribution in [0.5, 0.6) is 0 Å². The Labute approximate surface area is 100 Å². The first-order valence-corrected chi connectivity index (χ1v) is 5.78. The average Bonchev–Trinajstić information content (AvgIpc) is 2.21. The van der Waals surface area contributed by atoms with Crippen molar-refractivity contribution in [2.45, 2.75) is 38.5 Å². The molecule has 2 saturated heterocycles. The Kier molecular flexibility index (Phi) is 6.21. The largest absolute Gasteiger partial charge is 1.00 e. The van der Waals surface area contributed by atoms with Gasteiger partial charge in [-0.25, -0.2) is 6.67 Å². The van der Waals surface area contributed by atoms with Gasteiger partial charge in [-0.1, -0.05) is 12.8 Å². The molecule has 2 rings (SSSR count). The Morgan fingerprint density at radius 2 is 0.929 bits per heavy atom. The van der Waals surface area contributed by atoms with Gasteiger partial charge in [-0.3, -0.25) is 0 Å². The summed E-state index contributed by atoms with van der Waals surface area (Å²) in [5, 5.41) is 0. The molecule has 0 aromatic rings. The van der Waals surface area contributed by atoms with Gasteiger partial charge in [0, 0.05) is 0 Å². The zero-order valence-electron chi connectivity index (χ0n) is 9.54. The van der Waals surface area contributed by atoms with Crippen LogP contribution in [0.3, 0.4) is 0 Å². The molecule has 0 bridgehead atoms. The second-order valence-electron chi connectivity index (χ2n) is 4.31. The van der Waals surface area contributed by atoms with E-state index in [1.54, 1.807) is 0 Å². The predicted octanol–water partition coefficient (Wildman–Crippen LogP) is -0.919. The monoisotopic (exact) mass is 188 g/mol. The maximum Gasteiger partial charge on any atom is 1.00 e. The molecule has 0 N–H and O–H groups in total. The number of hydrogen-bond donors (Lipinski definition) is 0. The van der Waals surface area contributed by atoms with E-state index in [2.05, 4.69) is 16.5 Å². The van der Waals surface area contributed by atoms with Crippen molar-refractivity contribution in [3.05, 3.63) is 6.67 Å². The van der Waals surface area contributed by atoms with Crippen LogP contribution in [0.4, 0.5) is 0 Å². The fourth-order valence-corrected chi connectivity index (χ4v) is 2.30. The first kappa shape index (κ1) is 12.6. The van der Waals surface area contributed by atoms with Crippen molar-refractivity contribution in [2.24, 2.45) is 0 Å². The molecule has 0 aliphatic carbocycles. The number of likely N-dealkylation sites (tertiary alicyclic amines) is 2. The zero-order chi connectivity index (χ0) is 8.93. The van der Waals surface area contributed by atoms with E-state index in [-0.39, 0.29) is 18.9 Å². The smallest absolute Gasteiger partial charge is 0.443 e. The van der Waals surface area contributed by atoms with Gasteiger partial charge in [-0.05, 0) is 51.9 Å². The third kappa shape index (κ3) is 3.94. The maximum atomic E-state index is 2.51. The molecule has 3 heteroatoms. The Balaban J connectivity index is 0.000000980. The van der Waals surface area contributed by atoms with Crippen molar-refractivity contribution in [1.82, 2.24) is 9.80 Å². The van der Waals surface area contributed by atoms with E-state index in [0.717, 1.165) is 0 Å². The topological polar surface area (TPSA) is 6.48 Å². The SMILES string of the molecule is [CH-](N1CCCCC1)N1CCCCC1.[Li+]. The first-order chi connectivity index (χ1) is 6.45. The third-order valence-corrected chi connectivity index (χ3v) is 3.11. The molecule has 0 aromatic heterocycles. The Bertz CT molecular complexity index is 124. The predicted molar refractivity (Wildman–Crippen MR) is 55.1 cm³/mol. The molecule has 2 heterocycles. The van der Waals surface area contributed by atoms with Crippen molar-refractivity contribution < 1.29 is 18.9 Å². The molecule has 2 aliphatic rings. The summed E-state index contributed by atoms with van der Waals surface area (Å²) in [6, 6.07) is 0. The first-order valence-electron chi connectivity index (χ1n) is 5.78. The van der Waals surface area contributed by atoms with Crippen molar-refractivity contribution in [3.63, 3.8) is 0 Å². The normalized spacial score (nSPS) is 25.7. The molecule has 0 saturated carbocycles. The van der Waals surface area contributed by atoms with Gasteiger partial charge in [0.25, 0.3) is 0 Å². The standard InChI is InChI=1S/C11H21N2.Li/c1-3-7-12(8-4-1)11-13-9-5-2-6-10-13;/h11H,1-10H2;/q-1;+1. The third-order valence-electron chi connectivity index (χ3n) is 3.11. The molecule has 2 aliphatic heterocycles.